The largest absolute Gasteiger partial charge is 0.494 e. The first-order valence-corrected chi connectivity index (χ1v) is 7.94. The highest BCUT2D eigenvalue weighted by Crippen LogP contribution is 2.18. The van der Waals surface area contributed by atoms with E-state index in [1.807, 2.05) is 6.92 Å². The van der Waals surface area contributed by atoms with E-state index in [0.717, 1.165) is 5.56 Å². The van der Waals surface area contributed by atoms with E-state index in [2.05, 4.69) is 9.71 Å². The molecule has 2 aromatic rings. The number of pyridine rings is 1. The molecule has 7 heteroatoms. The summed E-state index contributed by atoms with van der Waals surface area (Å²) in [7, 11) is -3.68. The molecule has 1 aromatic heterocycles. The summed E-state index contributed by atoms with van der Waals surface area (Å²) in [4.78, 5) is 4.12. The number of aromatic nitrogens is 1. The Morgan fingerprint density at radius 2 is 1.95 bits per heavy atom. The first kappa shape index (κ1) is 15.3. The lowest BCUT2D eigenvalue weighted by molar-refractivity contribution is 0.340. The molecule has 0 bridgehead atoms. The summed E-state index contributed by atoms with van der Waals surface area (Å²) in [5.74, 6) is 0.867. The molecule has 2 rings (SSSR count). The van der Waals surface area contributed by atoms with Gasteiger partial charge in [0.25, 0.3) is 10.0 Å². The van der Waals surface area contributed by atoms with Crippen molar-refractivity contribution in [1.82, 2.24) is 4.98 Å². The molecule has 1 heterocycles. The van der Waals surface area contributed by atoms with Gasteiger partial charge in [0.05, 0.1) is 11.5 Å². The lowest BCUT2D eigenvalue weighted by atomic mass is 10.3. The number of rotatable bonds is 6. The SMILES string of the molecule is CCOc1ccc(S(=O)(=O)Nc2cc(CN)ccn2)cc1. The summed E-state index contributed by atoms with van der Waals surface area (Å²) in [6.45, 7) is 2.71. The van der Waals surface area contributed by atoms with Gasteiger partial charge in [-0.25, -0.2) is 13.4 Å². The number of sulfonamides is 1. The van der Waals surface area contributed by atoms with E-state index in [1.165, 1.54) is 18.3 Å². The number of hydrogen-bond donors (Lipinski definition) is 2. The molecule has 0 unspecified atom stereocenters. The third-order valence-electron chi connectivity index (χ3n) is 2.74. The number of hydrogen-bond acceptors (Lipinski definition) is 5. The molecule has 0 aliphatic heterocycles. The first-order valence-electron chi connectivity index (χ1n) is 6.46. The van der Waals surface area contributed by atoms with Crippen molar-refractivity contribution in [3.8, 4) is 5.75 Å². The molecule has 6 nitrogen and oxygen atoms in total. The van der Waals surface area contributed by atoms with Gasteiger partial charge in [-0.3, -0.25) is 4.72 Å². The average Bonchev–Trinajstić information content (AvgIpc) is 2.48. The Morgan fingerprint density at radius 1 is 1.24 bits per heavy atom. The van der Waals surface area contributed by atoms with Gasteiger partial charge in [0.2, 0.25) is 0 Å². The van der Waals surface area contributed by atoms with Crippen molar-refractivity contribution in [2.24, 2.45) is 5.73 Å². The summed E-state index contributed by atoms with van der Waals surface area (Å²) >= 11 is 0. The van der Waals surface area contributed by atoms with Crippen LogP contribution in [0.4, 0.5) is 5.82 Å². The molecule has 0 saturated carbocycles. The molecule has 0 aliphatic rings. The van der Waals surface area contributed by atoms with E-state index >= 15 is 0 Å². The van der Waals surface area contributed by atoms with Gasteiger partial charge >= 0.3 is 0 Å². The Hall–Kier alpha value is -2.12. The van der Waals surface area contributed by atoms with Gasteiger partial charge in [-0.2, -0.15) is 0 Å². The molecule has 3 N–H and O–H groups in total. The number of nitrogens with one attached hydrogen (secondary N) is 1. The topological polar surface area (TPSA) is 94.3 Å². The van der Waals surface area contributed by atoms with Crippen molar-refractivity contribution in [2.45, 2.75) is 18.4 Å². The molecule has 0 aliphatic carbocycles. The minimum atomic E-state index is -3.68. The molecular weight excluding hydrogens is 290 g/mol. The van der Waals surface area contributed by atoms with Gasteiger partial charge in [-0.15, -0.1) is 0 Å². The standard InChI is InChI=1S/C14H17N3O3S/c1-2-20-12-3-5-13(6-4-12)21(18,19)17-14-9-11(10-15)7-8-16-14/h3-9H,2,10,15H2,1H3,(H,16,17). The van der Waals surface area contributed by atoms with Gasteiger partial charge < -0.3 is 10.5 Å². The molecule has 0 amide bonds. The van der Waals surface area contributed by atoms with Crippen molar-refractivity contribution in [2.75, 3.05) is 11.3 Å². The van der Waals surface area contributed by atoms with Gasteiger partial charge in [0.1, 0.15) is 11.6 Å². The Kier molecular flexibility index (Phi) is 4.77. The highest BCUT2D eigenvalue weighted by Gasteiger charge is 2.15. The molecule has 1 aromatic carbocycles. The molecular formula is C14H17N3O3S. The lowest BCUT2D eigenvalue weighted by Gasteiger charge is -2.09. The van der Waals surface area contributed by atoms with Crippen molar-refractivity contribution in [3.63, 3.8) is 0 Å². The molecule has 21 heavy (non-hydrogen) atoms. The van der Waals surface area contributed by atoms with Crippen LogP contribution in [0.5, 0.6) is 5.75 Å². The number of benzene rings is 1. The highest BCUT2D eigenvalue weighted by molar-refractivity contribution is 7.92. The van der Waals surface area contributed by atoms with Gasteiger partial charge in [-0.05, 0) is 48.9 Å². The summed E-state index contributed by atoms with van der Waals surface area (Å²) in [6, 6.07) is 9.53. The van der Waals surface area contributed by atoms with Gasteiger partial charge in [-0.1, -0.05) is 0 Å². The van der Waals surface area contributed by atoms with E-state index < -0.39 is 10.0 Å². The maximum Gasteiger partial charge on any atom is 0.263 e. The fraction of sp³-hybridized carbons (Fsp3) is 0.214. The number of anilines is 1. The third-order valence-corrected chi connectivity index (χ3v) is 4.11. The lowest BCUT2D eigenvalue weighted by Crippen LogP contribution is -2.14. The minimum Gasteiger partial charge on any atom is -0.494 e. The normalized spacial score (nSPS) is 11.1. The Labute approximate surface area is 124 Å². The van der Waals surface area contributed by atoms with Crippen LogP contribution < -0.4 is 15.2 Å². The van der Waals surface area contributed by atoms with Crippen LogP contribution in [0.3, 0.4) is 0 Å². The molecule has 0 radical (unpaired) electrons. The van der Waals surface area contributed by atoms with Crippen LogP contribution in [0.15, 0.2) is 47.5 Å². The van der Waals surface area contributed by atoms with E-state index in [9.17, 15) is 8.42 Å². The zero-order chi connectivity index (χ0) is 15.3. The van der Waals surface area contributed by atoms with Crippen LogP contribution in [0.1, 0.15) is 12.5 Å². The zero-order valence-electron chi connectivity index (χ0n) is 11.6. The maximum atomic E-state index is 12.2. The van der Waals surface area contributed by atoms with E-state index in [1.54, 1.807) is 24.3 Å². The molecule has 112 valence electrons. The fourth-order valence-electron chi connectivity index (χ4n) is 1.74. The Bertz CT molecular complexity index is 700. The van der Waals surface area contributed by atoms with E-state index in [4.69, 9.17) is 10.5 Å². The number of nitrogens with two attached hydrogens (primary N) is 1. The van der Waals surface area contributed by atoms with Crippen molar-refractivity contribution in [3.05, 3.63) is 48.2 Å². The van der Waals surface area contributed by atoms with E-state index in [-0.39, 0.29) is 10.7 Å². The molecule has 0 fully saturated rings. The maximum absolute atomic E-state index is 12.2. The predicted molar refractivity (Wildman–Crippen MR) is 80.5 cm³/mol. The second kappa shape index (κ2) is 6.55. The summed E-state index contributed by atoms with van der Waals surface area (Å²) in [6.07, 6.45) is 1.51. The van der Waals surface area contributed by atoms with Gasteiger partial charge in [0, 0.05) is 12.7 Å². The van der Waals surface area contributed by atoms with Crippen molar-refractivity contribution < 1.29 is 13.2 Å². The average molecular weight is 307 g/mol. The van der Waals surface area contributed by atoms with Crippen LogP contribution in [0, 0.1) is 0 Å². The number of ether oxygens (including phenoxy) is 1. The highest BCUT2D eigenvalue weighted by atomic mass is 32.2. The summed E-state index contributed by atoms with van der Waals surface area (Å²) in [5, 5.41) is 0. The second-order valence-corrected chi connectivity index (χ2v) is 5.95. The van der Waals surface area contributed by atoms with Crippen LogP contribution in [0.2, 0.25) is 0 Å². The van der Waals surface area contributed by atoms with Crippen LogP contribution >= 0.6 is 0 Å². The number of nitrogens with zero attached hydrogens (tertiary/aromatic N) is 1. The Morgan fingerprint density at radius 3 is 2.57 bits per heavy atom. The van der Waals surface area contributed by atoms with Crippen molar-refractivity contribution in [1.29, 1.82) is 0 Å². The van der Waals surface area contributed by atoms with Crippen LogP contribution in [-0.2, 0) is 16.6 Å². The predicted octanol–water partition coefficient (Wildman–Crippen LogP) is 1.74. The smallest absolute Gasteiger partial charge is 0.263 e. The molecule has 0 spiro atoms. The van der Waals surface area contributed by atoms with Crippen molar-refractivity contribution >= 4 is 15.8 Å². The molecule has 0 atom stereocenters. The minimum absolute atomic E-state index is 0.144. The zero-order valence-corrected chi connectivity index (χ0v) is 12.4. The van der Waals surface area contributed by atoms with E-state index in [0.29, 0.717) is 18.9 Å². The van der Waals surface area contributed by atoms with Crippen LogP contribution in [-0.4, -0.2) is 20.0 Å². The monoisotopic (exact) mass is 307 g/mol. The molecule has 0 saturated heterocycles. The quantitative estimate of drug-likeness (QED) is 0.847. The first-order chi connectivity index (χ1) is 10.0. The summed E-state index contributed by atoms with van der Waals surface area (Å²) < 4.78 is 32.2. The third kappa shape index (κ3) is 3.93. The fourth-order valence-corrected chi connectivity index (χ4v) is 2.73. The Balaban J connectivity index is 2.21. The van der Waals surface area contributed by atoms with Crippen LogP contribution in [0.25, 0.3) is 0 Å². The summed E-state index contributed by atoms with van der Waals surface area (Å²) in [5.41, 5.74) is 6.32. The van der Waals surface area contributed by atoms with Gasteiger partial charge in [0.15, 0.2) is 0 Å². The second-order valence-electron chi connectivity index (χ2n) is 4.26.